The highest BCUT2D eigenvalue weighted by atomic mass is 16.6. The van der Waals surface area contributed by atoms with Crippen LogP contribution in [0, 0.1) is 0 Å². The summed E-state index contributed by atoms with van der Waals surface area (Å²) >= 11 is 0. The predicted octanol–water partition coefficient (Wildman–Crippen LogP) is 4.35. The third kappa shape index (κ3) is 11.2. The van der Waals surface area contributed by atoms with Crippen molar-refractivity contribution >= 4 is 12.3 Å². The zero-order valence-corrected chi connectivity index (χ0v) is 11.1. The number of nitrogens with zero attached hydrogens (tertiary/aromatic N) is 1. The summed E-state index contributed by atoms with van der Waals surface area (Å²) in [4.78, 5) is 14.9. The van der Waals surface area contributed by atoms with E-state index in [0.717, 1.165) is 12.8 Å². The summed E-state index contributed by atoms with van der Waals surface area (Å²) in [6.45, 7) is 7.71. The number of amides is 1. The van der Waals surface area contributed by atoms with Gasteiger partial charge < -0.3 is 4.74 Å². The number of ether oxygens (including phenoxy) is 1. The standard InChI is InChI=1S/C13H25NO2/c1-5-6-7-8-9-10-11-14-12(15)16-13(2,3)4/h11H,5-10H2,1-4H3. The van der Waals surface area contributed by atoms with Crippen molar-refractivity contribution in [1.29, 1.82) is 0 Å². The van der Waals surface area contributed by atoms with E-state index in [2.05, 4.69) is 11.9 Å². The fourth-order valence-corrected chi connectivity index (χ4v) is 1.27. The van der Waals surface area contributed by atoms with Gasteiger partial charge in [-0.1, -0.05) is 32.6 Å². The Kier molecular flexibility index (Phi) is 7.86. The van der Waals surface area contributed by atoms with E-state index in [-0.39, 0.29) is 0 Å². The highest BCUT2D eigenvalue weighted by molar-refractivity contribution is 5.79. The summed E-state index contributed by atoms with van der Waals surface area (Å²) in [6, 6.07) is 0. The first-order valence-electron chi connectivity index (χ1n) is 6.21. The lowest BCUT2D eigenvalue weighted by Gasteiger charge is -2.16. The molecule has 16 heavy (non-hydrogen) atoms. The molecule has 0 spiro atoms. The van der Waals surface area contributed by atoms with Crippen LogP contribution in [-0.2, 0) is 4.74 Å². The van der Waals surface area contributed by atoms with Crippen LogP contribution >= 0.6 is 0 Å². The maximum atomic E-state index is 11.2. The minimum Gasteiger partial charge on any atom is -0.442 e. The van der Waals surface area contributed by atoms with Gasteiger partial charge in [0, 0.05) is 6.21 Å². The molecule has 0 aromatic rings. The van der Waals surface area contributed by atoms with Crippen molar-refractivity contribution in [1.82, 2.24) is 0 Å². The summed E-state index contributed by atoms with van der Waals surface area (Å²) < 4.78 is 5.05. The molecule has 94 valence electrons. The van der Waals surface area contributed by atoms with Gasteiger partial charge in [0.05, 0.1) is 0 Å². The Morgan fingerprint density at radius 1 is 1.19 bits per heavy atom. The van der Waals surface area contributed by atoms with Crippen molar-refractivity contribution < 1.29 is 9.53 Å². The second-order valence-electron chi connectivity index (χ2n) is 4.99. The topological polar surface area (TPSA) is 38.7 Å². The fraction of sp³-hybridized carbons (Fsp3) is 0.846. The van der Waals surface area contributed by atoms with Crippen molar-refractivity contribution in [3.8, 4) is 0 Å². The van der Waals surface area contributed by atoms with Crippen LogP contribution in [0.5, 0.6) is 0 Å². The Morgan fingerprint density at radius 2 is 1.81 bits per heavy atom. The molecule has 0 aliphatic rings. The maximum Gasteiger partial charge on any atom is 0.433 e. The summed E-state index contributed by atoms with van der Waals surface area (Å²) in [5, 5.41) is 0. The second kappa shape index (κ2) is 8.31. The lowest BCUT2D eigenvalue weighted by Crippen LogP contribution is -2.21. The molecule has 0 aromatic carbocycles. The van der Waals surface area contributed by atoms with Crippen molar-refractivity contribution in [2.75, 3.05) is 0 Å². The molecule has 3 heteroatoms. The number of unbranched alkanes of at least 4 members (excludes halogenated alkanes) is 5. The van der Waals surface area contributed by atoms with E-state index in [9.17, 15) is 4.79 Å². The van der Waals surface area contributed by atoms with Gasteiger partial charge in [0.15, 0.2) is 0 Å². The molecular formula is C13H25NO2. The molecule has 0 atom stereocenters. The van der Waals surface area contributed by atoms with Crippen LogP contribution in [-0.4, -0.2) is 17.9 Å². The second-order valence-corrected chi connectivity index (χ2v) is 4.99. The summed E-state index contributed by atoms with van der Waals surface area (Å²) in [5.41, 5.74) is -0.449. The Morgan fingerprint density at radius 3 is 2.38 bits per heavy atom. The van der Waals surface area contributed by atoms with Gasteiger partial charge >= 0.3 is 6.09 Å². The smallest absolute Gasteiger partial charge is 0.433 e. The quantitative estimate of drug-likeness (QED) is 0.499. The molecule has 0 fully saturated rings. The van der Waals surface area contributed by atoms with E-state index >= 15 is 0 Å². The summed E-state index contributed by atoms with van der Waals surface area (Å²) in [5.74, 6) is 0. The van der Waals surface area contributed by atoms with Gasteiger partial charge in [-0.25, -0.2) is 4.79 Å². The molecule has 0 saturated carbocycles. The van der Waals surface area contributed by atoms with Crippen LogP contribution < -0.4 is 0 Å². The summed E-state index contributed by atoms with van der Waals surface area (Å²) in [7, 11) is 0. The monoisotopic (exact) mass is 227 g/mol. The van der Waals surface area contributed by atoms with Gasteiger partial charge in [-0.3, -0.25) is 0 Å². The molecule has 0 radical (unpaired) electrons. The predicted molar refractivity (Wildman–Crippen MR) is 68.1 cm³/mol. The highest BCUT2D eigenvalue weighted by Gasteiger charge is 2.14. The molecule has 0 aliphatic carbocycles. The lowest BCUT2D eigenvalue weighted by atomic mass is 10.1. The van der Waals surface area contributed by atoms with E-state index in [1.54, 1.807) is 6.21 Å². The average Bonchev–Trinajstić information content (AvgIpc) is 2.13. The number of hydrogen-bond acceptors (Lipinski definition) is 2. The van der Waals surface area contributed by atoms with Crippen LogP contribution in [0.2, 0.25) is 0 Å². The molecule has 0 bridgehead atoms. The zero-order chi connectivity index (χ0) is 12.4. The Balaban J connectivity index is 3.49. The average molecular weight is 227 g/mol. The molecule has 0 aliphatic heterocycles. The van der Waals surface area contributed by atoms with Crippen LogP contribution in [0.15, 0.2) is 4.99 Å². The van der Waals surface area contributed by atoms with Crippen LogP contribution in [0.3, 0.4) is 0 Å². The normalized spacial score (nSPS) is 12.0. The van der Waals surface area contributed by atoms with Crippen LogP contribution in [0.1, 0.15) is 66.2 Å². The first-order chi connectivity index (χ1) is 7.45. The Bertz CT molecular complexity index is 216. The molecule has 0 N–H and O–H groups in total. The minimum absolute atomic E-state index is 0.449. The third-order valence-corrected chi connectivity index (χ3v) is 2.03. The highest BCUT2D eigenvalue weighted by Crippen LogP contribution is 2.08. The first kappa shape index (κ1) is 15.1. The van der Waals surface area contributed by atoms with Gasteiger partial charge in [0.25, 0.3) is 0 Å². The fourth-order valence-electron chi connectivity index (χ4n) is 1.27. The SMILES string of the molecule is CCCCCCCC=NC(=O)OC(C)(C)C. The summed E-state index contributed by atoms with van der Waals surface area (Å²) in [6.07, 6.45) is 8.19. The third-order valence-electron chi connectivity index (χ3n) is 2.03. The van der Waals surface area contributed by atoms with Crippen molar-refractivity contribution in [3.63, 3.8) is 0 Å². The number of carbonyl (C=O) groups excluding carboxylic acids is 1. The van der Waals surface area contributed by atoms with E-state index in [1.807, 2.05) is 20.8 Å². The van der Waals surface area contributed by atoms with E-state index in [1.165, 1.54) is 25.7 Å². The van der Waals surface area contributed by atoms with Gasteiger partial charge in [0.1, 0.15) is 5.60 Å². The van der Waals surface area contributed by atoms with Gasteiger partial charge in [-0.15, -0.1) is 0 Å². The van der Waals surface area contributed by atoms with Crippen molar-refractivity contribution in [2.45, 2.75) is 71.8 Å². The lowest BCUT2D eigenvalue weighted by molar-refractivity contribution is 0.0605. The molecule has 0 aromatic heterocycles. The van der Waals surface area contributed by atoms with Gasteiger partial charge in [-0.05, 0) is 33.6 Å². The van der Waals surface area contributed by atoms with Crippen molar-refractivity contribution in [2.24, 2.45) is 4.99 Å². The van der Waals surface area contributed by atoms with Crippen LogP contribution in [0.4, 0.5) is 4.79 Å². The maximum absolute atomic E-state index is 11.2. The molecule has 0 unspecified atom stereocenters. The zero-order valence-electron chi connectivity index (χ0n) is 11.1. The number of carbonyl (C=O) groups is 1. The Labute approximate surface area is 99.3 Å². The number of hydrogen-bond donors (Lipinski definition) is 0. The van der Waals surface area contributed by atoms with E-state index in [0.29, 0.717) is 0 Å². The molecule has 0 saturated heterocycles. The van der Waals surface area contributed by atoms with Gasteiger partial charge in [0.2, 0.25) is 0 Å². The molecule has 0 rings (SSSR count). The van der Waals surface area contributed by atoms with E-state index < -0.39 is 11.7 Å². The first-order valence-corrected chi connectivity index (χ1v) is 6.21. The Hall–Kier alpha value is -0.860. The van der Waals surface area contributed by atoms with Crippen molar-refractivity contribution in [3.05, 3.63) is 0 Å². The van der Waals surface area contributed by atoms with E-state index in [4.69, 9.17) is 4.74 Å². The largest absolute Gasteiger partial charge is 0.442 e. The number of aliphatic imine (C=N–C) groups is 1. The minimum atomic E-state index is -0.485. The number of rotatable bonds is 6. The van der Waals surface area contributed by atoms with Gasteiger partial charge in [-0.2, -0.15) is 4.99 Å². The molecular weight excluding hydrogens is 202 g/mol. The molecule has 1 amide bonds. The molecule has 0 heterocycles. The van der Waals surface area contributed by atoms with Crippen LogP contribution in [0.25, 0.3) is 0 Å². The molecule has 3 nitrogen and oxygen atoms in total.